The summed E-state index contributed by atoms with van der Waals surface area (Å²) in [6.45, 7) is 1.85. The molecule has 0 unspecified atom stereocenters. The van der Waals surface area contributed by atoms with Crippen LogP contribution in [0.1, 0.15) is 24.1 Å². The molecule has 0 aliphatic rings. The van der Waals surface area contributed by atoms with Crippen molar-refractivity contribution in [1.29, 1.82) is 5.26 Å². The molecule has 0 aliphatic carbocycles. The van der Waals surface area contributed by atoms with Gasteiger partial charge in [-0.25, -0.2) is 0 Å². The van der Waals surface area contributed by atoms with Gasteiger partial charge in [0.2, 0.25) is 0 Å². The largest absolute Gasteiger partial charge is 0.297 e. The average molecular weight is 296 g/mol. The molecule has 21 heavy (non-hydrogen) atoms. The monoisotopic (exact) mass is 296 g/mol. The molecule has 2 rings (SSSR count). The topological polar surface area (TPSA) is 53.8 Å². The van der Waals surface area contributed by atoms with Crippen molar-refractivity contribution >= 4 is 17.5 Å². The van der Waals surface area contributed by atoms with Gasteiger partial charge in [-0.05, 0) is 24.6 Å². The zero-order valence-electron chi connectivity index (χ0n) is 11.8. The molecule has 106 valence electrons. The maximum Gasteiger partial charge on any atom is 0.168 e. The molecule has 0 spiro atoms. The van der Waals surface area contributed by atoms with Crippen molar-refractivity contribution in [2.75, 3.05) is 0 Å². The lowest BCUT2D eigenvalue weighted by atomic mass is 9.99. The number of nitriles is 1. The smallest absolute Gasteiger partial charge is 0.168 e. The number of carbonyl (C=O) groups excluding carboxylic acids is 1. The molecule has 1 aromatic heterocycles. The van der Waals surface area contributed by atoms with E-state index < -0.39 is 5.92 Å². The molecule has 0 radical (unpaired) electrons. The van der Waals surface area contributed by atoms with Gasteiger partial charge in [0.25, 0.3) is 0 Å². The first-order valence-electron chi connectivity index (χ1n) is 6.72. The molecule has 0 amide bonds. The highest BCUT2D eigenvalue weighted by atomic mass is 32.2. The third-order valence-electron chi connectivity index (χ3n) is 3.14. The molecule has 0 saturated carbocycles. The van der Waals surface area contributed by atoms with Gasteiger partial charge in [0.05, 0.1) is 17.0 Å². The summed E-state index contributed by atoms with van der Waals surface area (Å²) in [4.78, 5) is 16.5. The van der Waals surface area contributed by atoms with Crippen LogP contribution < -0.4 is 0 Å². The highest BCUT2D eigenvalue weighted by molar-refractivity contribution is 7.99. The number of benzene rings is 1. The average Bonchev–Trinajstić information content (AvgIpc) is 2.55. The molecule has 1 aromatic carbocycles. The van der Waals surface area contributed by atoms with Crippen LogP contribution in [0.3, 0.4) is 0 Å². The van der Waals surface area contributed by atoms with E-state index in [4.69, 9.17) is 0 Å². The summed E-state index contributed by atoms with van der Waals surface area (Å²) in [5.74, 6) is -0.115. The normalized spacial score (nSPS) is 13.1. The molecular formula is C17H16N2OS. The Morgan fingerprint density at radius 2 is 1.95 bits per heavy atom. The van der Waals surface area contributed by atoms with Gasteiger partial charge in [-0.2, -0.15) is 5.26 Å². The van der Waals surface area contributed by atoms with Crippen molar-refractivity contribution in [3.63, 3.8) is 0 Å². The lowest BCUT2D eigenvalue weighted by molar-refractivity contribution is -0.118. The standard InChI is InChI=1S/C17H16N2OS/c1-13(21-12-14-7-3-2-4-8-14)17(20)15(11-18)16-9-5-6-10-19-16/h2-10,13,15H,12H2,1H3/t13-,15+/m0/s1. The molecule has 2 atom stereocenters. The molecule has 2 aromatic rings. The highest BCUT2D eigenvalue weighted by Crippen LogP contribution is 2.24. The van der Waals surface area contributed by atoms with Crippen LogP contribution >= 0.6 is 11.8 Å². The SMILES string of the molecule is C[C@H](SCc1ccccc1)C(=O)[C@H](C#N)c1ccccn1. The Bertz CT molecular complexity index is 622. The number of nitrogens with zero attached hydrogens (tertiary/aromatic N) is 2. The van der Waals surface area contributed by atoms with Crippen LogP contribution in [0.25, 0.3) is 0 Å². The molecule has 4 heteroatoms. The fraction of sp³-hybridized carbons (Fsp3) is 0.235. The van der Waals surface area contributed by atoms with Crippen LogP contribution in [-0.4, -0.2) is 16.0 Å². The molecule has 1 heterocycles. The van der Waals surface area contributed by atoms with E-state index in [2.05, 4.69) is 11.1 Å². The van der Waals surface area contributed by atoms with E-state index in [0.717, 1.165) is 5.75 Å². The Kier molecular flexibility index (Phi) is 5.53. The minimum atomic E-state index is -0.788. The Morgan fingerprint density at radius 3 is 2.57 bits per heavy atom. The van der Waals surface area contributed by atoms with Crippen LogP contribution in [0.4, 0.5) is 0 Å². The Hall–Kier alpha value is -2.12. The summed E-state index contributed by atoms with van der Waals surface area (Å²) < 4.78 is 0. The van der Waals surface area contributed by atoms with Crippen molar-refractivity contribution < 1.29 is 4.79 Å². The van der Waals surface area contributed by atoms with Gasteiger partial charge in [0, 0.05) is 11.9 Å². The van der Waals surface area contributed by atoms with Crippen LogP contribution in [0.5, 0.6) is 0 Å². The summed E-state index contributed by atoms with van der Waals surface area (Å²) >= 11 is 1.55. The van der Waals surface area contributed by atoms with Crippen molar-refractivity contribution in [1.82, 2.24) is 4.98 Å². The van der Waals surface area contributed by atoms with Crippen LogP contribution in [0.2, 0.25) is 0 Å². The highest BCUT2D eigenvalue weighted by Gasteiger charge is 2.26. The maximum absolute atomic E-state index is 12.4. The van der Waals surface area contributed by atoms with Gasteiger partial charge in [-0.1, -0.05) is 36.4 Å². The van der Waals surface area contributed by atoms with E-state index in [9.17, 15) is 10.1 Å². The van der Waals surface area contributed by atoms with Crippen LogP contribution in [0.15, 0.2) is 54.7 Å². The Balaban J connectivity index is 2.00. The van der Waals surface area contributed by atoms with Crippen molar-refractivity contribution in [2.45, 2.75) is 23.8 Å². The number of Topliss-reactive ketones (excluding diaryl/α,β-unsaturated/α-hetero) is 1. The van der Waals surface area contributed by atoms with E-state index in [-0.39, 0.29) is 11.0 Å². The molecule has 0 N–H and O–H groups in total. The molecular weight excluding hydrogens is 280 g/mol. The second-order valence-corrected chi connectivity index (χ2v) is 5.99. The van der Waals surface area contributed by atoms with Crippen molar-refractivity contribution in [2.24, 2.45) is 0 Å². The summed E-state index contributed by atoms with van der Waals surface area (Å²) in [6, 6.07) is 17.4. The predicted octanol–water partition coefficient (Wildman–Crippen LogP) is 3.58. The molecule has 0 saturated heterocycles. The van der Waals surface area contributed by atoms with E-state index in [1.807, 2.05) is 37.3 Å². The zero-order valence-corrected chi connectivity index (χ0v) is 12.6. The van der Waals surface area contributed by atoms with Crippen molar-refractivity contribution in [3.05, 3.63) is 66.0 Å². The molecule has 0 fully saturated rings. The number of carbonyl (C=O) groups is 1. The van der Waals surface area contributed by atoms with Crippen molar-refractivity contribution in [3.8, 4) is 6.07 Å². The summed E-state index contributed by atoms with van der Waals surface area (Å²) in [7, 11) is 0. The van der Waals surface area contributed by atoms with Crippen LogP contribution in [-0.2, 0) is 10.5 Å². The maximum atomic E-state index is 12.4. The fourth-order valence-electron chi connectivity index (χ4n) is 1.93. The number of hydrogen-bond donors (Lipinski definition) is 0. The lowest BCUT2D eigenvalue weighted by Gasteiger charge is -2.14. The fourth-order valence-corrected chi connectivity index (χ4v) is 2.87. The second-order valence-electron chi connectivity index (χ2n) is 4.66. The number of pyridine rings is 1. The van der Waals surface area contributed by atoms with Gasteiger partial charge in [0.15, 0.2) is 5.78 Å². The minimum absolute atomic E-state index is 0.0860. The molecule has 0 aliphatic heterocycles. The third-order valence-corrected chi connectivity index (χ3v) is 4.37. The number of thioether (sulfide) groups is 1. The Morgan fingerprint density at radius 1 is 1.24 bits per heavy atom. The zero-order chi connectivity index (χ0) is 15.1. The predicted molar refractivity (Wildman–Crippen MR) is 84.8 cm³/mol. The lowest BCUT2D eigenvalue weighted by Crippen LogP contribution is -2.22. The van der Waals surface area contributed by atoms with Gasteiger partial charge >= 0.3 is 0 Å². The molecule has 3 nitrogen and oxygen atoms in total. The Labute approximate surface area is 129 Å². The number of aromatic nitrogens is 1. The first-order valence-corrected chi connectivity index (χ1v) is 7.77. The number of ketones is 1. The van der Waals surface area contributed by atoms with E-state index in [0.29, 0.717) is 5.69 Å². The number of hydrogen-bond acceptors (Lipinski definition) is 4. The second kappa shape index (κ2) is 7.61. The van der Waals surface area contributed by atoms with E-state index in [1.54, 1.807) is 36.2 Å². The third kappa shape index (κ3) is 4.17. The van der Waals surface area contributed by atoms with E-state index in [1.165, 1.54) is 5.56 Å². The van der Waals surface area contributed by atoms with Gasteiger partial charge in [0.1, 0.15) is 5.92 Å². The molecule has 0 bridgehead atoms. The van der Waals surface area contributed by atoms with E-state index >= 15 is 0 Å². The minimum Gasteiger partial charge on any atom is -0.297 e. The van der Waals surface area contributed by atoms with Gasteiger partial charge in [-0.3, -0.25) is 9.78 Å². The summed E-state index contributed by atoms with van der Waals surface area (Å²) in [5.41, 5.74) is 1.70. The van der Waals surface area contributed by atoms with Crippen LogP contribution in [0, 0.1) is 11.3 Å². The van der Waals surface area contributed by atoms with Gasteiger partial charge in [-0.15, -0.1) is 11.8 Å². The first kappa shape index (κ1) is 15.3. The first-order chi connectivity index (χ1) is 10.2. The number of rotatable bonds is 6. The van der Waals surface area contributed by atoms with Gasteiger partial charge < -0.3 is 0 Å². The quantitative estimate of drug-likeness (QED) is 0.817. The summed E-state index contributed by atoms with van der Waals surface area (Å²) in [5, 5.41) is 9.02. The summed E-state index contributed by atoms with van der Waals surface area (Å²) in [6.07, 6.45) is 1.61.